The molecule has 0 atom stereocenters. The molecular weight excluding hydrogens is 360 g/mol. The summed E-state index contributed by atoms with van der Waals surface area (Å²) in [5.41, 5.74) is 1.13. The van der Waals surface area contributed by atoms with E-state index >= 15 is 0 Å². The van der Waals surface area contributed by atoms with Crippen LogP contribution in [0.4, 0.5) is 0 Å². The van der Waals surface area contributed by atoms with Gasteiger partial charge in [-0.05, 0) is 37.5 Å². The largest absolute Gasteiger partial charge is 0.497 e. The lowest BCUT2D eigenvalue weighted by Gasteiger charge is -2.12. The lowest BCUT2D eigenvalue weighted by atomic mass is 10.2. The highest BCUT2D eigenvalue weighted by molar-refractivity contribution is 7.11. The summed E-state index contributed by atoms with van der Waals surface area (Å²) in [5.74, 6) is 1.64. The van der Waals surface area contributed by atoms with Gasteiger partial charge in [-0.15, -0.1) is 11.3 Å². The van der Waals surface area contributed by atoms with Crippen LogP contribution in [0.25, 0.3) is 0 Å². The molecule has 0 bridgehead atoms. The number of aromatic nitrogens is 1. The highest BCUT2D eigenvalue weighted by atomic mass is 32.1. The van der Waals surface area contributed by atoms with Crippen LogP contribution in [-0.2, 0) is 24.2 Å². The number of hydrogen-bond donors (Lipinski definition) is 2. The first-order chi connectivity index (χ1) is 13.2. The summed E-state index contributed by atoms with van der Waals surface area (Å²) in [7, 11) is 1.67. The second kappa shape index (κ2) is 12.3. The van der Waals surface area contributed by atoms with Crippen molar-refractivity contribution in [3.63, 3.8) is 0 Å². The van der Waals surface area contributed by atoms with Crippen LogP contribution >= 0.6 is 11.3 Å². The molecule has 2 N–H and O–H groups in total. The van der Waals surface area contributed by atoms with Crippen LogP contribution in [0.3, 0.4) is 0 Å². The minimum atomic E-state index is 0.600. The number of aliphatic imine (C=N–C) groups is 1. The van der Waals surface area contributed by atoms with Gasteiger partial charge in [-0.3, -0.25) is 0 Å². The van der Waals surface area contributed by atoms with E-state index in [9.17, 15) is 0 Å². The summed E-state index contributed by atoms with van der Waals surface area (Å²) in [5, 5.41) is 7.82. The lowest BCUT2D eigenvalue weighted by Crippen LogP contribution is -2.37. The van der Waals surface area contributed by atoms with Gasteiger partial charge >= 0.3 is 0 Å². The second-order valence-electron chi connectivity index (χ2n) is 5.92. The van der Waals surface area contributed by atoms with Crippen molar-refractivity contribution in [2.45, 2.75) is 39.8 Å². The van der Waals surface area contributed by atoms with Crippen molar-refractivity contribution >= 4 is 17.3 Å². The molecule has 0 saturated carbocycles. The Morgan fingerprint density at radius 2 is 2.00 bits per heavy atom. The first-order valence-electron chi connectivity index (χ1n) is 9.41. The van der Waals surface area contributed by atoms with E-state index in [0.29, 0.717) is 13.1 Å². The zero-order valence-electron chi connectivity index (χ0n) is 16.5. The third kappa shape index (κ3) is 7.97. The third-order valence-corrected chi connectivity index (χ3v) is 5.04. The van der Waals surface area contributed by atoms with E-state index in [2.05, 4.69) is 22.5 Å². The monoisotopic (exact) mass is 390 g/mol. The van der Waals surface area contributed by atoms with Gasteiger partial charge in [-0.2, -0.15) is 0 Å². The average molecular weight is 391 g/mol. The quantitative estimate of drug-likeness (QED) is 0.350. The summed E-state index contributed by atoms with van der Waals surface area (Å²) in [6.45, 7) is 7.74. The number of aryl methyl sites for hydroxylation is 1. The number of hydrogen-bond acceptors (Lipinski definition) is 5. The molecule has 0 radical (unpaired) electrons. The van der Waals surface area contributed by atoms with Crippen LogP contribution in [0.2, 0.25) is 0 Å². The molecule has 0 aliphatic carbocycles. The Hall–Kier alpha value is -2.12. The maximum absolute atomic E-state index is 5.39. The van der Waals surface area contributed by atoms with Crippen molar-refractivity contribution < 1.29 is 9.47 Å². The predicted octanol–water partition coefficient (Wildman–Crippen LogP) is 3.38. The normalized spacial score (nSPS) is 11.4. The molecule has 27 heavy (non-hydrogen) atoms. The van der Waals surface area contributed by atoms with Crippen molar-refractivity contribution in [2.24, 2.45) is 4.99 Å². The van der Waals surface area contributed by atoms with E-state index in [1.807, 2.05) is 37.4 Å². The minimum absolute atomic E-state index is 0.600. The molecule has 0 aliphatic heterocycles. The molecule has 7 heteroatoms. The van der Waals surface area contributed by atoms with Gasteiger partial charge in [0.15, 0.2) is 5.96 Å². The zero-order chi connectivity index (χ0) is 19.3. The summed E-state index contributed by atoms with van der Waals surface area (Å²) >= 11 is 1.74. The van der Waals surface area contributed by atoms with Crippen LogP contribution < -0.4 is 15.4 Å². The average Bonchev–Trinajstić information content (AvgIpc) is 3.17. The maximum atomic E-state index is 5.39. The van der Waals surface area contributed by atoms with E-state index in [0.717, 1.165) is 54.9 Å². The van der Waals surface area contributed by atoms with Crippen molar-refractivity contribution in [3.8, 4) is 5.75 Å². The number of benzene rings is 1. The Labute approximate surface area is 166 Å². The number of nitrogens with zero attached hydrogens (tertiary/aromatic N) is 2. The zero-order valence-corrected chi connectivity index (χ0v) is 17.3. The van der Waals surface area contributed by atoms with Crippen molar-refractivity contribution in [2.75, 3.05) is 26.9 Å². The van der Waals surface area contributed by atoms with E-state index in [-0.39, 0.29) is 0 Å². The number of methoxy groups -OCH3 is 1. The van der Waals surface area contributed by atoms with Crippen molar-refractivity contribution in [1.82, 2.24) is 15.6 Å². The van der Waals surface area contributed by atoms with E-state index in [1.54, 1.807) is 18.4 Å². The number of rotatable bonds is 11. The van der Waals surface area contributed by atoms with Gasteiger partial charge in [0.1, 0.15) is 10.8 Å². The summed E-state index contributed by atoms with van der Waals surface area (Å²) in [6.07, 6.45) is 3.91. The topological polar surface area (TPSA) is 67.8 Å². The molecule has 2 rings (SSSR count). The van der Waals surface area contributed by atoms with Gasteiger partial charge in [0.25, 0.3) is 0 Å². The van der Waals surface area contributed by atoms with Gasteiger partial charge in [-0.25, -0.2) is 9.98 Å². The molecule has 6 nitrogen and oxygen atoms in total. The fraction of sp³-hybridized carbons (Fsp3) is 0.500. The van der Waals surface area contributed by atoms with E-state index in [4.69, 9.17) is 14.5 Å². The fourth-order valence-corrected chi connectivity index (χ4v) is 3.16. The molecule has 1 aromatic carbocycles. The van der Waals surface area contributed by atoms with Gasteiger partial charge in [0.05, 0.1) is 20.2 Å². The molecule has 0 spiro atoms. The Morgan fingerprint density at radius 1 is 1.19 bits per heavy atom. The first-order valence-corrected chi connectivity index (χ1v) is 10.2. The van der Waals surface area contributed by atoms with Crippen LogP contribution in [0.5, 0.6) is 5.75 Å². The highest BCUT2D eigenvalue weighted by Crippen LogP contribution is 2.13. The van der Waals surface area contributed by atoms with Crippen LogP contribution in [-0.4, -0.2) is 37.8 Å². The number of guanidine groups is 1. The fourth-order valence-electron chi connectivity index (χ4n) is 2.35. The molecule has 0 fully saturated rings. The summed E-state index contributed by atoms with van der Waals surface area (Å²) in [6, 6.07) is 7.97. The smallest absolute Gasteiger partial charge is 0.191 e. The van der Waals surface area contributed by atoms with Crippen LogP contribution in [0, 0.1) is 0 Å². The number of nitrogens with one attached hydrogen (secondary N) is 2. The van der Waals surface area contributed by atoms with Gasteiger partial charge in [0, 0.05) is 30.8 Å². The summed E-state index contributed by atoms with van der Waals surface area (Å²) < 4.78 is 10.6. The number of ether oxygens (including phenoxy) is 2. The van der Waals surface area contributed by atoms with Crippen LogP contribution in [0.1, 0.15) is 35.7 Å². The molecule has 1 heterocycles. The molecule has 0 amide bonds. The molecule has 1 aromatic heterocycles. The Balaban J connectivity index is 1.91. The predicted molar refractivity (Wildman–Crippen MR) is 112 cm³/mol. The number of thiazole rings is 1. The lowest BCUT2D eigenvalue weighted by molar-refractivity contribution is 0.145. The summed E-state index contributed by atoms with van der Waals surface area (Å²) in [4.78, 5) is 10.5. The van der Waals surface area contributed by atoms with Crippen molar-refractivity contribution in [1.29, 1.82) is 0 Å². The SMILES string of the molecule is CCOCCCNC(=NCc1ccc(OC)cc1)NCc1ncc(CC)s1. The van der Waals surface area contributed by atoms with Crippen LogP contribution in [0.15, 0.2) is 35.5 Å². The standard InChI is InChI=1S/C20H30N4O2S/c1-4-18-14-22-19(27-18)15-24-20(21-11-6-12-26-5-2)23-13-16-7-9-17(25-3)10-8-16/h7-10,14H,4-6,11-13,15H2,1-3H3,(H2,21,23,24). The first kappa shape index (κ1) is 21.2. The second-order valence-corrected chi connectivity index (χ2v) is 7.12. The minimum Gasteiger partial charge on any atom is -0.497 e. The highest BCUT2D eigenvalue weighted by Gasteiger charge is 2.04. The third-order valence-electron chi connectivity index (χ3n) is 3.90. The molecule has 148 valence electrons. The molecule has 2 aromatic rings. The van der Waals surface area contributed by atoms with E-state index < -0.39 is 0 Å². The van der Waals surface area contributed by atoms with E-state index in [1.165, 1.54) is 4.88 Å². The Morgan fingerprint density at radius 3 is 2.67 bits per heavy atom. The molecule has 0 saturated heterocycles. The maximum Gasteiger partial charge on any atom is 0.191 e. The van der Waals surface area contributed by atoms with Gasteiger partial charge in [0.2, 0.25) is 0 Å². The Kier molecular flexibility index (Phi) is 9.65. The van der Waals surface area contributed by atoms with Gasteiger partial charge < -0.3 is 20.1 Å². The molecular formula is C20H30N4O2S. The van der Waals surface area contributed by atoms with Crippen molar-refractivity contribution in [3.05, 3.63) is 45.9 Å². The Bertz CT molecular complexity index is 686. The molecule has 0 aliphatic rings. The molecule has 0 unspecified atom stereocenters. The van der Waals surface area contributed by atoms with Gasteiger partial charge in [-0.1, -0.05) is 19.1 Å².